The second kappa shape index (κ2) is 7.08. The Morgan fingerprint density at radius 1 is 0.815 bits per heavy atom. The first-order chi connectivity index (χ1) is 11.6. The molecule has 2 nitrogen and oxygen atoms in total. The highest BCUT2D eigenvalue weighted by molar-refractivity contribution is 5.86. The van der Waals surface area contributed by atoms with Crippen LogP contribution in [-0.4, -0.2) is 48.1 Å². The lowest BCUT2D eigenvalue weighted by molar-refractivity contribution is -0.412. The number of ether oxygens (including phenoxy) is 1. The maximum absolute atomic E-state index is 13.4. The molecule has 0 bridgehead atoms. The van der Waals surface area contributed by atoms with Crippen LogP contribution >= 0.6 is 0 Å². The zero-order valence-corrected chi connectivity index (χ0v) is 13.5. The van der Waals surface area contributed by atoms with E-state index >= 15 is 0 Å². The van der Waals surface area contributed by atoms with Gasteiger partial charge in [0.2, 0.25) is 0 Å². The van der Waals surface area contributed by atoms with E-state index in [9.17, 15) is 57.5 Å². The van der Waals surface area contributed by atoms with Crippen LogP contribution in [0.25, 0.3) is 0 Å². The number of carbonyl (C=O) groups is 1. The Morgan fingerprint density at radius 2 is 1.22 bits per heavy atom. The van der Waals surface area contributed by atoms with Crippen LogP contribution in [-0.2, 0) is 9.53 Å². The number of rotatable bonds is 8. The Hall–Kier alpha value is -1.63. The molecule has 0 aliphatic rings. The summed E-state index contributed by atoms with van der Waals surface area (Å²) in [6, 6.07) is 0. The van der Waals surface area contributed by atoms with Crippen molar-refractivity contribution < 1.29 is 62.2 Å². The molecule has 0 amide bonds. The van der Waals surface area contributed by atoms with Crippen LogP contribution in [0.5, 0.6) is 0 Å². The summed E-state index contributed by atoms with van der Waals surface area (Å²) < 4.78 is 161. The van der Waals surface area contributed by atoms with E-state index in [1.54, 1.807) is 0 Å². The molecule has 0 spiro atoms. The largest absolute Gasteiger partial charge is 0.462 e. The highest BCUT2D eigenvalue weighted by Crippen LogP contribution is 2.60. The Morgan fingerprint density at radius 3 is 1.56 bits per heavy atom. The minimum atomic E-state index is -7.47. The highest BCUT2D eigenvalue weighted by Gasteiger charge is 2.88. The van der Waals surface area contributed by atoms with Crippen molar-refractivity contribution >= 4 is 5.97 Å². The Bertz CT molecular complexity index is 576. The number of hydrogen-bond donors (Lipinski definition) is 0. The van der Waals surface area contributed by atoms with Crippen molar-refractivity contribution in [2.24, 2.45) is 0 Å². The van der Waals surface area contributed by atoms with E-state index in [-0.39, 0.29) is 0 Å². The van der Waals surface area contributed by atoms with Crippen LogP contribution in [0, 0.1) is 0 Å². The minimum Gasteiger partial charge on any atom is -0.462 e. The van der Waals surface area contributed by atoms with Gasteiger partial charge in [0.1, 0.15) is 0 Å². The van der Waals surface area contributed by atoms with Gasteiger partial charge in [0.25, 0.3) is 5.67 Å². The third-order valence-electron chi connectivity index (χ3n) is 3.37. The van der Waals surface area contributed by atoms with Crippen molar-refractivity contribution in [2.75, 3.05) is 6.61 Å². The number of carbonyl (C=O) groups excluding carboxylic acids is 1. The average Bonchev–Trinajstić information content (AvgIpc) is 2.44. The lowest BCUT2D eigenvalue weighted by Crippen LogP contribution is -2.70. The summed E-state index contributed by atoms with van der Waals surface area (Å²) in [6.07, 6.45) is -9.26. The van der Waals surface area contributed by atoms with Crippen molar-refractivity contribution in [1.82, 2.24) is 0 Å². The molecule has 1 atom stereocenters. The molecule has 0 aromatic rings. The molecular formula is C13H12F12O2. The van der Waals surface area contributed by atoms with Crippen molar-refractivity contribution in [3.8, 4) is 0 Å². The fourth-order valence-electron chi connectivity index (χ4n) is 1.45. The molecule has 0 aliphatic carbocycles. The van der Waals surface area contributed by atoms with Gasteiger partial charge in [0.15, 0.2) is 0 Å². The van der Waals surface area contributed by atoms with Crippen LogP contribution < -0.4 is 0 Å². The minimum absolute atomic E-state index is 0.416. The smallest absolute Gasteiger partial charge is 0.428 e. The van der Waals surface area contributed by atoms with Gasteiger partial charge in [-0.3, -0.25) is 0 Å². The fraction of sp³-hybridized carbons (Fsp3) is 0.769. The summed E-state index contributed by atoms with van der Waals surface area (Å²) in [6.45, 7) is 1.07. The van der Waals surface area contributed by atoms with Crippen LogP contribution in [0.15, 0.2) is 12.2 Å². The lowest BCUT2D eigenvalue weighted by atomic mass is 9.87. The van der Waals surface area contributed by atoms with E-state index in [4.69, 9.17) is 0 Å². The maximum Gasteiger partial charge on any atom is 0.428 e. The zero-order chi connectivity index (χ0) is 22.3. The molecule has 1 unspecified atom stereocenters. The first-order valence-electron chi connectivity index (χ1n) is 6.67. The predicted octanol–water partition coefficient (Wildman–Crippen LogP) is 5.33. The topological polar surface area (TPSA) is 26.3 Å². The number of alkyl halides is 12. The summed E-state index contributed by atoms with van der Waals surface area (Å²) >= 11 is 0. The second-order valence-electron chi connectivity index (χ2n) is 5.59. The van der Waals surface area contributed by atoms with Crippen LogP contribution in [0.3, 0.4) is 0 Å². The zero-order valence-electron chi connectivity index (χ0n) is 13.5. The number of hydrogen-bond acceptors (Lipinski definition) is 2. The molecular weight excluding hydrogens is 416 g/mol. The first kappa shape index (κ1) is 25.4. The van der Waals surface area contributed by atoms with E-state index in [0.717, 1.165) is 6.92 Å². The Labute approximate surface area is 144 Å². The molecule has 0 heterocycles. The van der Waals surface area contributed by atoms with Gasteiger partial charge in [-0.2, -0.15) is 48.3 Å². The van der Waals surface area contributed by atoms with Crippen LogP contribution in [0.4, 0.5) is 52.7 Å². The van der Waals surface area contributed by atoms with Gasteiger partial charge in [0.05, 0.1) is 13.0 Å². The predicted molar refractivity (Wildman–Crippen MR) is 65.7 cm³/mol. The van der Waals surface area contributed by atoms with Crippen molar-refractivity contribution in [3.63, 3.8) is 0 Å². The van der Waals surface area contributed by atoms with Gasteiger partial charge < -0.3 is 4.74 Å². The van der Waals surface area contributed by atoms with Gasteiger partial charge >= 0.3 is 35.8 Å². The molecule has 0 saturated carbocycles. The molecule has 0 rings (SSSR count). The van der Waals surface area contributed by atoms with Crippen LogP contribution in [0.1, 0.15) is 20.3 Å². The molecule has 0 fully saturated rings. The van der Waals surface area contributed by atoms with Crippen molar-refractivity contribution in [2.45, 2.75) is 55.8 Å². The van der Waals surface area contributed by atoms with Gasteiger partial charge in [-0.25, -0.2) is 9.18 Å². The van der Waals surface area contributed by atoms with E-state index < -0.39 is 67.0 Å². The van der Waals surface area contributed by atoms with E-state index in [2.05, 4.69) is 11.3 Å². The molecule has 0 N–H and O–H groups in total. The lowest BCUT2D eigenvalue weighted by Gasteiger charge is -2.41. The summed E-state index contributed by atoms with van der Waals surface area (Å²) in [5.74, 6) is -29.4. The van der Waals surface area contributed by atoms with Crippen LogP contribution in [0.2, 0.25) is 0 Å². The van der Waals surface area contributed by atoms with Crippen molar-refractivity contribution in [1.29, 1.82) is 0 Å². The van der Waals surface area contributed by atoms with E-state index in [0.29, 0.717) is 0 Å². The molecule has 160 valence electrons. The molecule has 27 heavy (non-hydrogen) atoms. The summed E-state index contributed by atoms with van der Waals surface area (Å²) in [5.41, 5.74) is -6.68. The number of esters is 1. The summed E-state index contributed by atoms with van der Waals surface area (Å²) in [7, 11) is 0. The third-order valence-corrected chi connectivity index (χ3v) is 3.37. The molecule has 0 aliphatic heterocycles. The van der Waals surface area contributed by atoms with Gasteiger partial charge in [-0.15, -0.1) is 0 Å². The fourth-order valence-corrected chi connectivity index (χ4v) is 1.45. The number of halogens is 12. The van der Waals surface area contributed by atoms with Gasteiger partial charge in [-0.1, -0.05) is 6.58 Å². The van der Waals surface area contributed by atoms with Gasteiger partial charge in [0, 0.05) is 5.57 Å². The average molecular weight is 428 g/mol. The van der Waals surface area contributed by atoms with E-state index in [1.807, 2.05) is 0 Å². The monoisotopic (exact) mass is 428 g/mol. The normalized spacial score (nSPS) is 16.7. The SMILES string of the molecule is C=C(C)C(=O)OCCC(F)(F)C(F)(F)C(F)(F)C(F)(F)C(C)(F)C(F)(F)F. The Balaban J connectivity index is 5.80. The van der Waals surface area contributed by atoms with Crippen molar-refractivity contribution in [3.05, 3.63) is 12.2 Å². The third kappa shape index (κ3) is 4.13. The first-order valence-corrected chi connectivity index (χ1v) is 6.67. The highest BCUT2D eigenvalue weighted by atomic mass is 19.4. The maximum atomic E-state index is 13.4. The molecule has 0 aromatic carbocycles. The standard InChI is InChI=1S/C13H12F12O2/c1-6(2)7(26)27-5-4-9(15,16)11(19,20)12(21,22)10(17,18)8(3,14)13(23,24)25/h1,4-5H2,2-3H3. The van der Waals surface area contributed by atoms with E-state index in [1.165, 1.54) is 0 Å². The molecule has 0 aromatic heterocycles. The summed E-state index contributed by atoms with van der Waals surface area (Å²) in [4.78, 5) is 10.9. The molecule has 0 radical (unpaired) electrons. The molecule has 14 heteroatoms. The van der Waals surface area contributed by atoms with Gasteiger partial charge in [-0.05, 0) is 13.8 Å². The Kier molecular flexibility index (Phi) is 6.65. The summed E-state index contributed by atoms with van der Waals surface area (Å²) in [5, 5.41) is 0. The molecule has 0 saturated heterocycles. The quantitative estimate of drug-likeness (QED) is 0.297. The second-order valence-corrected chi connectivity index (χ2v) is 5.59.